The Morgan fingerprint density at radius 1 is 0.557 bits per heavy atom. The quantitative estimate of drug-likeness (QED) is 0.0189. The Labute approximate surface area is 586 Å². The highest BCUT2D eigenvalue weighted by atomic mass is 16.4. The molecule has 0 aromatic rings. The van der Waals surface area contributed by atoms with Crippen LogP contribution < -0.4 is 109 Å². The van der Waals surface area contributed by atoms with Crippen LogP contribution in [0.25, 0.3) is 0 Å². The molecule has 568 valence electrons. The number of carboxylic acid groups (broad SMARTS) is 2. The Morgan fingerprint density at radius 3 is 1.64 bits per heavy atom. The summed E-state index contributed by atoms with van der Waals surface area (Å²) in [5, 5.41) is 79.9. The number of rotatable bonds is 70. The number of primary amides is 2. The minimum atomic E-state index is -0.853. The van der Waals surface area contributed by atoms with Gasteiger partial charge in [-0.3, -0.25) is 29.1 Å². The summed E-state index contributed by atoms with van der Waals surface area (Å²) in [5.74, 6) is -1.04. The number of amides is 2. The number of nitrogens with two attached hydrogens (primary N) is 6. The van der Waals surface area contributed by atoms with Crippen molar-refractivity contribution in [1.29, 1.82) is 0 Å². The van der Waals surface area contributed by atoms with Gasteiger partial charge >= 0.3 is 11.9 Å². The van der Waals surface area contributed by atoms with Crippen molar-refractivity contribution < 1.29 is 34.5 Å². The van der Waals surface area contributed by atoms with Crippen LogP contribution in [-0.4, -0.2) is 247 Å². The van der Waals surface area contributed by atoms with Gasteiger partial charge in [0.1, 0.15) is 0 Å². The molecule has 29 N–H and O–H groups in total. The average Bonchev–Trinajstić information content (AvgIpc) is 1.86. The molecular formula is C68H144N22O7. The second-order valence-corrected chi connectivity index (χ2v) is 27.7. The maximum atomic E-state index is 12.2. The van der Waals surface area contributed by atoms with E-state index in [0.29, 0.717) is 153 Å². The Kier molecular flexibility index (Phi) is 55.6. The smallest absolute Gasteiger partial charge is 0.303 e. The predicted octanol–water partition coefficient (Wildman–Crippen LogP) is -1.41. The summed E-state index contributed by atoms with van der Waals surface area (Å²) < 4.78 is 0. The van der Waals surface area contributed by atoms with Crippen molar-refractivity contribution in [3.63, 3.8) is 0 Å². The lowest BCUT2D eigenvalue weighted by Gasteiger charge is -2.33. The minimum Gasteiger partial charge on any atom is -0.481 e. The van der Waals surface area contributed by atoms with Gasteiger partial charge in [0.05, 0.1) is 6.10 Å². The second kappa shape index (κ2) is 59.0. The highest BCUT2D eigenvalue weighted by molar-refractivity contribution is 5.75. The first-order valence-electron chi connectivity index (χ1n) is 36.9. The van der Waals surface area contributed by atoms with Gasteiger partial charge in [-0.15, -0.1) is 0 Å². The van der Waals surface area contributed by atoms with Crippen molar-refractivity contribution in [3.05, 3.63) is 26.2 Å². The molecule has 1 heterocycles. The molecule has 0 saturated carbocycles. The van der Waals surface area contributed by atoms with E-state index in [9.17, 15) is 34.5 Å². The molecule has 29 nitrogen and oxygen atoms in total. The number of aliphatic carboxylic acids is 2. The highest BCUT2D eigenvalue weighted by Gasteiger charge is 2.29. The summed E-state index contributed by atoms with van der Waals surface area (Å²) in [5.41, 5.74) is 33.9. The van der Waals surface area contributed by atoms with Gasteiger partial charge in [-0.25, -0.2) is 0 Å². The van der Waals surface area contributed by atoms with Crippen LogP contribution in [0.3, 0.4) is 0 Å². The van der Waals surface area contributed by atoms with E-state index in [-0.39, 0.29) is 85.9 Å². The SMILES string of the molecule is CC[C@H](C)[C@@H](CN[CH]CN[C@H](CN[CH]CNCCN[C@@H](CCC(=O)O)CN[C@H](CN[C@@H](CCC(N)=O)CN[C@@H](CCCN=C(N)N)CN[CH]CN[C@@H](CCC(N)=O)CN[C@@H](CCC(=O)O)CN[C@H](C)CCCCN)CC(C)C)[C@@H](C)O)NC[C@@H]1CCCN1C[C@@H](NC[CH]N)C(C)C. The number of unbranched alkanes of at least 4 members (excludes halogenated alkanes) is 1. The number of aliphatic imine (C=N–C) groups is 1. The zero-order valence-electron chi connectivity index (χ0n) is 61.3. The van der Waals surface area contributed by atoms with Crippen LogP contribution in [0.5, 0.6) is 0 Å². The van der Waals surface area contributed by atoms with E-state index < -0.39 is 23.9 Å². The van der Waals surface area contributed by atoms with Crippen molar-refractivity contribution in [2.75, 3.05) is 124 Å². The first kappa shape index (κ1) is 91.4. The van der Waals surface area contributed by atoms with Gasteiger partial charge in [0.2, 0.25) is 11.8 Å². The van der Waals surface area contributed by atoms with Crippen LogP contribution in [-0.2, 0) is 19.2 Å². The molecule has 2 amide bonds. The largest absolute Gasteiger partial charge is 0.481 e. The van der Waals surface area contributed by atoms with Crippen LogP contribution in [0.4, 0.5) is 0 Å². The molecule has 0 aromatic heterocycles. The lowest BCUT2D eigenvalue weighted by atomic mass is 9.98. The molecule has 1 aliphatic heterocycles. The molecule has 0 bridgehead atoms. The van der Waals surface area contributed by atoms with E-state index >= 15 is 0 Å². The summed E-state index contributed by atoms with van der Waals surface area (Å²) in [6, 6.07) is 0.983. The Morgan fingerprint density at radius 2 is 1.08 bits per heavy atom. The first-order valence-corrected chi connectivity index (χ1v) is 36.9. The number of likely N-dealkylation sites (tertiary alicyclic amines) is 1. The molecule has 1 fully saturated rings. The second-order valence-electron chi connectivity index (χ2n) is 27.7. The van der Waals surface area contributed by atoms with E-state index in [2.05, 4.69) is 139 Å². The molecule has 0 spiro atoms. The fourth-order valence-corrected chi connectivity index (χ4v) is 11.9. The summed E-state index contributed by atoms with van der Waals surface area (Å²) in [6.07, 6.45) is 10.6. The topological polar surface area (TPSA) is 469 Å². The summed E-state index contributed by atoms with van der Waals surface area (Å²) in [6.45, 7) is 37.7. The zero-order valence-corrected chi connectivity index (χ0v) is 61.3. The monoisotopic (exact) mass is 1380 g/mol. The highest BCUT2D eigenvalue weighted by Crippen LogP contribution is 2.20. The van der Waals surface area contributed by atoms with E-state index in [4.69, 9.17) is 34.4 Å². The third kappa shape index (κ3) is 51.3. The number of aliphatic hydroxyl groups is 1. The number of hydrogen-bond donors (Lipinski definition) is 23. The van der Waals surface area contributed by atoms with Crippen molar-refractivity contribution in [1.82, 2.24) is 79.3 Å². The van der Waals surface area contributed by atoms with Crippen LogP contribution in [0.1, 0.15) is 165 Å². The van der Waals surface area contributed by atoms with E-state index in [1.54, 1.807) is 13.5 Å². The van der Waals surface area contributed by atoms with E-state index in [0.717, 1.165) is 77.7 Å². The van der Waals surface area contributed by atoms with Gasteiger partial charge in [0.25, 0.3) is 0 Å². The lowest BCUT2D eigenvalue weighted by Crippen LogP contribution is -2.51. The van der Waals surface area contributed by atoms with E-state index in [1.165, 1.54) is 12.8 Å². The fraction of sp³-hybridized carbons (Fsp3) is 0.868. The Balaban J connectivity index is 2.80. The molecule has 1 saturated heterocycles. The number of guanidine groups is 1. The molecule has 13 atom stereocenters. The zero-order chi connectivity index (χ0) is 72.0. The van der Waals surface area contributed by atoms with Crippen molar-refractivity contribution >= 4 is 29.7 Å². The molecule has 0 aromatic carbocycles. The molecule has 29 heteroatoms. The summed E-state index contributed by atoms with van der Waals surface area (Å²) in [4.78, 5) is 54.2. The van der Waals surface area contributed by atoms with Crippen LogP contribution in [0.2, 0.25) is 0 Å². The first-order chi connectivity index (χ1) is 46.5. The molecule has 0 aliphatic carbocycles. The van der Waals surface area contributed by atoms with Gasteiger partial charge in [-0.2, -0.15) is 0 Å². The predicted molar refractivity (Wildman–Crippen MR) is 395 cm³/mol. The lowest BCUT2D eigenvalue weighted by molar-refractivity contribution is -0.138. The standard InChI is InChI=1S/C68H144N22O7/c1-9-51(6)61(89-45-60-16-13-37-90(60)48-63(50(4)5)81-28-26-70)46-78-33-36-82-62(53(8)91)47-77-30-29-75-31-34-79-56(19-23-66(94)95)42-88-59(38-49(2)3)44-87-57(18-22-65(72)93)43-85-54(15-12-27-83-68(73)74)39-76-32-35-80-55(17-21-64(71)92)41-86-58(20-24-67(96)97)40-84-52(7)14-10-11-25-69/h26,30,32-33,49-63,75-82,84-89,91H,9-25,27-29,31,34-48,69-70H2,1-8H3,(H2,71,92)(H2,72,93)(H,94,95)(H,96,97)(H4,73,74,83)/t51-,52+,53+,54-,55-,56-,57-,58-,59-,60-,61+,62+,63+/m0/s1. The van der Waals surface area contributed by atoms with Crippen molar-refractivity contribution in [2.45, 2.75) is 237 Å². The van der Waals surface area contributed by atoms with Crippen LogP contribution in [0, 0.1) is 43.9 Å². The molecule has 1 rings (SSSR count). The molecule has 0 unspecified atom stereocenters. The third-order valence-electron chi connectivity index (χ3n) is 18.3. The number of hydrogen-bond acceptors (Lipinski definition) is 23. The molecule has 97 heavy (non-hydrogen) atoms. The number of aliphatic hydroxyl groups excluding tert-OH is 1. The van der Waals surface area contributed by atoms with Gasteiger partial charge in [-0.1, -0.05) is 54.4 Å². The van der Waals surface area contributed by atoms with Gasteiger partial charge in [-0.05, 0) is 115 Å². The number of carbonyl (C=O) groups excluding carboxylic acids is 2. The Bertz CT molecular complexity index is 1970. The normalized spacial score (nSPS) is 17.5. The van der Waals surface area contributed by atoms with Crippen LogP contribution in [0.15, 0.2) is 4.99 Å². The van der Waals surface area contributed by atoms with Gasteiger partial charge in [0, 0.05) is 230 Å². The molecule has 1 aliphatic rings. The van der Waals surface area contributed by atoms with Crippen LogP contribution >= 0.6 is 0 Å². The molecule has 4 radical (unpaired) electrons. The molecular weight excluding hydrogens is 1240 g/mol. The van der Waals surface area contributed by atoms with Gasteiger partial charge in [0.15, 0.2) is 5.96 Å². The number of carbonyl (C=O) groups is 4. The van der Waals surface area contributed by atoms with Crippen molar-refractivity contribution in [2.24, 2.45) is 57.1 Å². The van der Waals surface area contributed by atoms with E-state index in [1.807, 2.05) is 13.1 Å². The Hall–Kier alpha value is -3.57. The number of nitrogens with zero attached hydrogens (tertiary/aromatic N) is 2. The summed E-state index contributed by atoms with van der Waals surface area (Å²) in [7, 11) is 0. The van der Waals surface area contributed by atoms with Gasteiger partial charge < -0.3 is 124 Å². The third-order valence-corrected chi connectivity index (χ3v) is 18.3. The fourth-order valence-electron chi connectivity index (χ4n) is 11.9. The average molecular weight is 1380 g/mol. The number of carboxylic acids is 2. The summed E-state index contributed by atoms with van der Waals surface area (Å²) >= 11 is 0. The minimum absolute atomic E-state index is 0.00801. The number of nitrogens with one attached hydrogen (secondary N) is 14. The van der Waals surface area contributed by atoms with Crippen molar-refractivity contribution in [3.8, 4) is 0 Å². The maximum Gasteiger partial charge on any atom is 0.303 e. The maximum absolute atomic E-state index is 12.2.